The zero-order valence-electron chi connectivity index (χ0n) is 19.6. The van der Waals surface area contributed by atoms with E-state index < -0.39 is 12.1 Å². The number of benzene rings is 2. The topological polar surface area (TPSA) is 95.5 Å². The zero-order valence-corrected chi connectivity index (χ0v) is 20.3. The van der Waals surface area contributed by atoms with E-state index in [2.05, 4.69) is 10.3 Å². The van der Waals surface area contributed by atoms with Crippen LogP contribution in [0.4, 0.5) is 0 Å². The lowest BCUT2D eigenvalue weighted by atomic mass is 9.96. The lowest BCUT2D eigenvalue weighted by Crippen LogP contribution is -2.35. The molecule has 0 spiro atoms. The Hall–Kier alpha value is -2.94. The Morgan fingerprint density at radius 3 is 2.63 bits per heavy atom. The van der Waals surface area contributed by atoms with E-state index in [1.54, 1.807) is 0 Å². The molecule has 4 rings (SSSR count). The molecule has 1 unspecified atom stereocenters. The number of halogens is 1. The standard InChI is InChI=1S/C26H29ClN2O6/c1-32-23(30)11-8-18-4-2-3-5-19(18)14-22-24(35-16-34-22)26-29-21(15-33-26)25(31)28-13-12-17-6-9-20(27)10-7-17/h2-7,9-10,21-22,24H,8,11-16H2,1H3,(H,28,31)/t21?,22-,24+/m0/s1. The van der Waals surface area contributed by atoms with E-state index in [4.69, 9.17) is 30.5 Å². The van der Waals surface area contributed by atoms with Crippen molar-refractivity contribution in [2.45, 2.75) is 43.9 Å². The van der Waals surface area contributed by atoms with Gasteiger partial charge in [0.1, 0.15) is 13.4 Å². The highest BCUT2D eigenvalue weighted by molar-refractivity contribution is 6.30. The van der Waals surface area contributed by atoms with E-state index in [0.717, 1.165) is 16.7 Å². The molecule has 8 nitrogen and oxygen atoms in total. The smallest absolute Gasteiger partial charge is 0.305 e. The van der Waals surface area contributed by atoms with E-state index in [1.165, 1.54) is 7.11 Å². The van der Waals surface area contributed by atoms with Crippen molar-refractivity contribution in [3.05, 3.63) is 70.2 Å². The number of nitrogens with one attached hydrogen (secondary N) is 1. The van der Waals surface area contributed by atoms with Crippen LogP contribution in [0, 0.1) is 0 Å². The summed E-state index contributed by atoms with van der Waals surface area (Å²) in [5.41, 5.74) is 3.21. The average molecular weight is 501 g/mol. The second-order valence-corrected chi connectivity index (χ2v) is 8.86. The van der Waals surface area contributed by atoms with Gasteiger partial charge in [0.05, 0.1) is 13.2 Å². The number of amides is 1. The first-order valence-corrected chi connectivity index (χ1v) is 12.0. The number of methoxy groups -OCH3 is 1. The maximum atomic E-state index is 12.6. The van der Waals surface area contributed by atoms with E-state index in [1.807, 2.05) is 48.5 Å². The van der Waals surface area contributed by atoms with Gasteiger partial charge < -0.3 is 24.3 Å². The quantitative estimate of drug-likeness (QED) is 0.504. The lowest BCUT2D eigenvalue weighted by Gasteiger charge is -2.18. The Morgan fingerprint density at radius 2 is 1.86 bits per heavy atom. The minimum Gasteiger partial charge on any atom is -0.476 e. The fourth-order valence-corrected chi connectivity index (χ4v) is 4.25. The van der Waals surface area contributed by atoms with Crippen molar-refractivity contribution >= 4 is 29.4 Å². The van der Waals surface area contributed by atoms with Crippen LogP contribution >= 0.6 is 11.6 Å². The highest BCUT2D eigenvalue weighted by atomic mass is 35.5. The van der Waals surface area contributed by atoms with Crippen molar-refractivity contribution in [1.29, 1.82) is 0 Å². The molecule has 2 aromatic rings. The van der Waals surface area contributed by atoms with Crippen LogP contribution in [0.3, 0.4) is 0 Å². The molecule has 1 saturated heterocycles. The number of carbonyl (C=O) groups excluding carboxylic acids is 2. The fourth-order valence-electron chi connectivity index (χ4n) is 4.13. The number of aryl methyl sites for hydroxylation is 1. The van der Waals surface area contributed by atoms with Gasteiger partial charge in [-0.2, -0.15) is 0 Å². The first-order valence-electron chi connectivity index (χ1n) is 11.6. The van der Waals surface area contributed by atoms with Crippen LogP contribution in [0.2, 0.25) is 5.02 Å². The predicted octanol–water partition coefficient (Wildman–Crippen LogP) is 2.89. The summed E-state index contributed by atoms with van der Waals surface area (Å²) in [6.07, 6.45) is 1.36. The largest absolute Gasteiger partial charge is 0.476 e. The van der Waals surface area contributed by atoms with Gasteiger partial charge in [-0.3, -0.25) is 9.59 Å². The van der Waals surface area contributed by atoms with Crippen molar-refractivity contribution in [3.63, 3.8) is 0 Å². The molecule has 0 bridgehead atoms. The highest BCUT2D eigenvalue weighted by Gasteiger charge is 2.39. The molecule has 2 aliphatic rings. The summed E-state index contributed by atoms with van der Waals surface area (Å²) in [6, 6.07) is 14.8. The molecule has 1 N–H and O–H groups in total. The predicted molar refractivity (Wildman–Crippen MR) is 130 cm³/mol. The van der Waals surface area contributed by atoms with Gasteiger partial charge in [-0.05, 0) is 41.7 Å². The molecule has 3 atom stereocenters. The number of hydrogen-bond acceptors (Lipinski definition) is 7. The van der Waals surface area contributed by atoms with Crippen molar-refractivity contribution in [1.82, 2.24) is 5.32 Å². The summed E-state index contributed by atoms with van der Waals surface area (Å²) >= 11 is 5.91. The molecule has 0 aliphatic carbocycles. The first kappa shape index (κ1) is 25.2. The number of hydrogen-bond donors (Lipinski definition) is 1. The molecule has 186 valence electrons. The molecule has 2 aromatic carbocycles. The van der Waals surface area contributed by atoms with Gasteiger partial charge in [0.2, 0.25) is 11.8 Å². The molecule has 9 heteroatoms. The number of ether oxygens (including phenoxy) is 4. The normalized spacial score (nSPS) is 21.3. The number of esters is 1. The lowest BCUT2D eigenvalue weighted by molar-refractivity contribution is -0.140. The van der Waals surface area contributed by atoms with E-state index in [-0.39, 0.29) is 31.4 Å². The van der Waals surface area contributed by atoms with Gasteiger partial charge in [-0.25, -0.2) is 4.99 Å². The van der Waals surface area contributed by atoms with Crippen molar-refractivity contribution in [2.75, 3.05) is 27.1 Å². The molecule has 2 aliphatic heterocycles. The van der Waals surface area contributed by atoms with Gasteiger partial charge in [0.15, 0.2) is 12.1 Å². The van der Waals surface area contributed by atoms with Crippen LogP contribution in [0.15, 0.2) is 53.5 Å². The second-order valence-electron chi connectivity index (χ2n) is 8.42. The molecule has 35 heavy (non-hydrogen) atoms. The minimum atomic E-state index is -0.618. The Kier molecular flexibility index (Phi) is 8.74. The summed E-state index contributed by atoms with van der Waals surface area (Å²) in [5.74, 6) is -0.0423. The van der Waals surface area contributed by atoms with Crippen LogP contribution in [0.25, 0.3) is 0 Å². The summed E-state index contributed by atoms with van der Waals surface area (Å²) in [6.45, 7) is 0.792. The maximum Gasteiger partial charge on any atom is 0.305 e. The van der Waals surface area contributed by atoms with E-state index >= 15 is 0 Å². The Balaban J connectivity index is 1.32. The molecular formula is C26H29ClN2O6. The van der Waals surface area contributed by atoms with E-state index in [9.17, 15) is 9.59 Å². The summed E-state index contributed by atoms with van der Waals surface area (Å²) < 4.78 is 22.1. The van der Waals surface area contributed by atoms with Crippen molar-refractivity contribution < 1.29 is 28.5 Å². The average Bonchev–Trinajstić information content (AvgIpc) is 3.54. The van der Waals surface area contributed by atoms with Crippen LogP contribution in [0.1, 0.15) is 23.1 Å². The van der Waals surface area contributed by atoms with Crippen LogP contribution in [-0.2, 0) is 47.8 Å². The third kappa shape index (κ3) is 6.81. The van der Waals surface area contributed by atoms with Crippen molar-refractivity contribution in [3.8, 4) is 0 Å². The molecule has 1 fully saturated rings. The van der Waals surface area contributed by atoms with Crippen LogP contribution < -0.4 is 5.32 Å². The second kappa shape index (κ2) is 12.2. The number of aliphatic imine (C=N–C) groups is 1. The fraction of sp³-hybridized carbons (Fsp3) is 0.423. The molecule has 0 aromatic heterocycles. The summed E-state index contributed by atoms with van der Waals surface area (Å²) in [7, 11) is 1.39. The molecule has 1 amide bonds. The maximum absolute atomic E-state index is 12.6. The highest BCUT2D eigenvalue weighted by Crippen LogP contribution is 2.24. The Bertz CT molecular complexity index is 1060. The molecule has 0 saturated carbocycles. The third-order valence-electron chi connectivity index (χ3n) is 6.08. The van der Waals surface area contributed by atoms with Crippen LogP contribution in [-0.4, -0.2) is 63.1 Å². The monoisotopic (exact) mass is 500 g/mol. The van der Waals surface area contributed by atoms with Gasteiger partial charge in [-0.15, -0.1) is 0 Å². The first-order chi connectivity index (χ1) is 17.0. The van der Waals surface area contributed by atoms with Gasteiger partial charge in [0.25, 0.3) is 0 Å². The summed E-state index contributed by atoms with van der Waals surface area (Å²) in [5, 5.41) is 3.60. The van der Waals surface area contributed by atoms with E-state index in [0.29, 0.717) is 43.1 Å². The van der Waals surface area contributed by atoms with Gasteiger partial charge in [0, 0.05) is 24.4 Å². The minimum absolute atomic E-state index is 0.125. The SMILES string of the molecule is COC(=O)CCc1ccccc1C[C@@H]1OCO[C@H]1C1=NC(C(=O)NCCc2ccc(Cl)cc2)CO1. The van der Waals surface area contributed by atoms with Crippen LogP contribution in [0.5, 0.6) is 0 Å². The number of nitrogens with zero attached hydrogens (tertiary/aromatic N) is 1. The Morgan fingerprint density at radius 1 is 1.09 bits per heavy atom. The Labute approximate surface area is 209 Å². The molecule has 2 heterocycles. The van der Waals surface area contributed by atoms with Gasteiger partial charge >= 0.3 is 5.97 Å². The molecular weight excluding hydrogens is 472 g/mol. The van der Waals surface area contributed by atoms with Gasteiger partial charge in [-0.1, -0.05) is 48.0 Å². The molecule has 0 radical (unpaired) electrons. The van der Waals surface area contributed by atoms with Crippen molar-refractivity contribution in [2.24, 2.45) is 4.99 Å². The number of rotatable bonds is 10. The third-order valence-corrected chi connectivity index (χ3v) is 6.33. The zero-order chi connectivity index (χ0) is 24.6. The number of carbonyl (C=O) groups is 2. The summed E-state index contributed by atoms with van der Waals surface area (Å²) in [4.78, 5) is 28.6.